The molecule has 1 aliphatic rings. The average molecular weight is 274 g/mol. The standard InChI is InChI=1S/C17H26N2O/c1-4-14(2)9-10-17(20)19-12-11-18(3)16-8-6-5-7-15(16)13-19/h5-8,14H,4,9-13H2,1-3H3. The first kappa shape index (κ1) is 14.9. The Balaban J connectivity index is 2.02. The number of nitrogens with zero attached hydrogens (tertiary/aromatic N) is 2. The van der Waals surface area contributed by atoms with Crippen LogP contribution in [0, 0.1) is 5.92 Å². The van der Waals surface area contributed by atoms with E-state index in [4.69, 9.17) is 0 Å². The van der Waals surface area contributed by atoms with E-state index in [0.717, 1.165) is 32.5 Å². The number of likely N-dealkylation sites (N-methyl/N-ethyl adjacent to an activating group) is 1. The number of hydrogen-bond acceptors (Lipinski definition) is 2. The van der Waals surface area contributed by atoms with E-state index in [2.05, 4.69) is 50.1 Å². The van der Waals surface area contributed by atoms with Crippen LogP contribution in [-0.4, -0.2) is 30.9 Å². The summed E-state index contributed by atoms with van der Waals surface area (Å²) < 4.78 is 0. The molecule has 0 spiro atoms. The Morgan fingerprint density at radius 3 is 2.80 bits per heavy atom. The molecule has 0 saturated heterocycles. The van der Waals surface area contributed by atoms with Crippen molar-refractivity contribution in [1.82, 2.24) is 4.90 Å². The van der Waals surface area contributed by atoms with Gasteiger partial charge >= 0.3 is 0 Å². The predicted octanol–water partition coefficient (Wildman–Crippen LogP) is 3.29. The minimum atomic E-state index is 0.301. The van der Waals surface area contributed by atoms with Crippen molar-refractivity contribution >= 4 is 11.6 Å². The topological polar surface area (TPSA) is 23.6 Å². The lowest BCUT2D eigenvalue weighted by molar-refractivity contribution is -0.131. The van der Waals surface area contributed by atoms with E-state index in [-0.39, 0.29) is 0 Å². The third-order valence-electron chi connectivity index (χ3n) is 4.37. The van der Waals surface area contributed by atoms with Crippen molar-refractivity contribution in [2.45, 2.75) is 39.7 Å². The molecule has 2 rings (SSSR count). The highest BCUT2D eigenvalue weighted by atomic mass is 16.2. The second kappa shape index (κ2) is 6.78. The van der Waals surface area contributed by atoms with Crippen molar-refractivity contribution in [3.8, 4) is 0 Å². The number of hydrogen-bond donors (Lipinski definition) is 0. The smallest absolute Gasteiger partial charge is 0.222 e. The second-order valence-corrected chi connectivity index (χ2v) is 5.92. The number of anilines is 1. The van der Waals surface area contributed by atoms with Gasteiger partial charge in [0.15, 0.2) is 0 Å². The van der Waals surface area contributed by atoms with Gasteiger partial charge in [-0.25, -0.2) is 0 Å². The zero-order valence-electron chi connectivity index (χ0n) is 12.9. The lowest BCUT2D eigenvalue weighted by Gasteiger charge is -2.21. The first-order valence-corrected chi connectivity index (χ1v) is 7.68. The van der Waals surface area contributed by atoms with Crippen LogP contribution in [0.5, 0.6) is 0 Å². The average Bonchev–Trinajstić information content (AvgIpc) is 2.64. The van der Waals surface area contributed by atoms with Crippen LogP contribution in [0.1, 0.15) is 38.7 Å². The van der Waals surface area contributed by atoms with Crippen LogP contribution in [0.25, 0.3) is 0 Å². The van der Waals surface area contributed by atoms with E-state index < -0.39 is 0 Å². The molecule has 0 aromatic heterocycles. The molecule has 20 heavy (non-hydrogen) atoms. The molecule has 0 saturated carbocycles. The van der Waals surface area contributed by atoms with Crippen LogP contribution < -0.4 is 4.90 Å². The zero-order valence-corrected chi connectivity index (χ0v) is 12.9. The summed E-state index contributed by atoms with van der Waals surface area (Å²) in [5, 5.41) is 0. The third kappa shape index (κ3) is 3.53. The molecule has 1 unspecified atom stereocenters. The Kier molecular flexibility index (Phi) is 5.05. The summed E-state index contributed by atoms with van der Waals surface area (Å²) in [6.45, 7) is 6.89. The quantitative estimate of drug-likeness (QED) is 0.841. The fourth-order valence-corrected chi connectivity index (χ4v) is 2.64. The summed E-state index contributed by atoms with van der Waals surface area (Å²) in [4.78, 5) is 16.7. The first-order chi connectivity index (χ1) is 9.61. The van der Waals surface area contributed by atoms with Crippen LogP contribution in [0.4, 0.5) is 5.69 Å². The molecule has 3 nitrogen and oxygen atoms in total. The van der Waals surface area contributed by atoms with Crippen LogP contribution in [0.15, 0.2) is 24.3 Å². The van der Waals surface area contributed by atoms with E-state index in [0.29, 0.717) is 18.2 Å². The van der Waals surface area contributed by atoms with Crippen LogP contribution in [0.3, 0.4) is 0 Å². The van der Waals surface area contributed by atoms with Gasteiger partial charge in [-0.3, -0.25) is 4.79 Å². The van der Waals surface area contributed by atoms with Crippen molar-refractivity contribution in [3.05, 3.63) is 29.8 Å². The maximum absolute atomic E-state index is 12.4. The summed E-state index contributed by atoms with van der Waals surface area (Å²) in [6, 6.07) is 8.39. The van der Waals surface area contributed by atoms with Gasteiger partial charge in [-0.1, -0.05) is 38.5 Å². The number of rotatable bonds is 4. The lowest BCUT2D eigenvalue weighted by atomic mass is 10.0. The van der Waals surface area contributed by atoms with Gasteiger partial charge in [0, 0.05) is 38.8 Å². The molecule has 0 N–H and O–H groups in total. The predicted molar refractivity (Wildman–Crippen MR) is 83.8 cm³/mol. The molecule has 1 atom stereocenters. The van der Waals surface area contributed by atoms with Crippen molar-refractivity contribution in [3.63, 3.8) is 0 Å². The van der Waals surface area contributed by atoms with Crippen molar-refractivity contribution in [1.29, 1.82) is 0 Å². The fraction of sp³-hybridized carbons (Fsp3) is 0.588. The van der Waals surface area contributed by atoms with Crippen LogP contribution in [-0.2, 0) is 11.3 Å². The molecule has 0 radical (unpaired) electrons. The van der Waals surface area contributed by atoms with Gasteiger partial charge in [-0.2, -0.15) is 0 Å². The van der Waals surface area contributed by atoms with E-state index >= 15 is 0 Å². The summed E-state index contributed by atoms with van der Waals surface area (Å²) >= 11 is 0. The van der Waals surface area contributed by atoms with E-state index in [1.807, 2.05) is 4.90 Å². The number of amides is 1. The fourth-order valence-electron chi connectivity index (χ4n) is 2.64. The minimum absolute atomic E-state index is 0.301. The monoisotopic (exact) mass is 274 g/mol. The van der Waals surface area contributed by atoms with Gasteiger partial charge in [0.2, 0.25) is 5.91 Å². The highest BCUT2D eigenvalue weighted by molar-refractivity contribution is 5.76. The molecule has 1 amide bonds. The molecule has 0 aliphatic carbocycles. The number of carbonyl (C=O) groups is 1. The van der Waals surface area contributed by atoms with Crippen LogP contribution in [0.2, 0.25) is 0 Å². The van der Waals surface area contributed by atoms with Gasteiger partial charge in [0.25, 0.3) is 0 Å². The van der Waals surface area contributed by atoms with Gasteiger partial charge in [-0.15, -0.1) is 0 Å². The Bertz CT molecular complexity index is 458. The molecule has 110 valence electrons. The van der Waals surface area contributed by atoms with Crippen molar-refractivity contribution in [2.24, 2.45) is 5.92 Å². The molecule has 3 heteroatoms. The Morgan fingerprint density at radius 2 is 2.05 bits per heavy atom. The van der Waals surface area contributed by atoms with Gasteiger partial charge < -0.3 is 9.80 Å². The maximum Gasteiger partial charge on any atom is 0.222 e. The van der Waals surface area contributed by atoms with E-state index in [9.17, 15) is 4.79 Å². The van der Waals surface area contributed by atoms with E-state index in [1.165, 1.54) is 11.3 Å². The van der Waals surface area contributed by atoms with E-state index in [1.54, 1.807) is 0 Å². The Hall–Kier alpha value is -1.51. The second-order valence-electron chi connectivity index (χ2n) is 5.92. The number of benzene rings is 1. The minimum Gasteiger partial charge on any atom is -0.373 e. The van der Waals surface area contributed by atoms with Gasteiger partial charge in [0.1, 0.15) is 0 Å². The summed E-state index contributed by atoms with van der Waals surface area (Å²) in [5.41, 5.74) is 2.51. The summed E-state index contributed by atoms with van der Waals surface area (Å²) in [6.07, 6.45) is 2.84. The normalized spacial score (nSPS) is 16.6. The highest BCUT2D eigenvalue weighted by Crippen LogP contribution is 2.24. The number of para-hydroxylation sites is 1. The van der Waals surface area contributed by atoms with Gasteiger partial charge in [0.05, 0.1) is 0 Å². The van der Waals surface area contributed by atoms with Crippen molar-refractivity contribution < 1.29 is 4.79 Å². The Morgan fingerprint density at radius 1 is 1.30 bits per heavy atom. The molecule has 1 heterocycles. The summed E-state index contributed by atoms with van der Waals surface area (Å²) in [7, 11) is 2.10. The van der Waals surface area contributed by atoms with Gasteiger partial charge in [-0.05, 0) is 24.0 Å². The zero-order chi connectivity index (χ0) is 14.5. The SMILES string of the molecule is CCC(C)CCC(=O)N1CCN(C)c2ccccc2C1. The maximum atomic E-state index is 12.4. The molecule has 1 aliphatic heterocycles. The molecule has 1 aromatic carbocycles. The highest BCUT2D eigenvalue weighted by Gasteiger charge is 2.20. The largest absolute Gasteiger partial charge is 0.373 e. The lowest BCUT2D eigenvalue weighted by Crippen LogP contribution is -2.34. The molecular formula is C17H26N2O. The molecule has 0 bridgehead atoms. The Labute approximate surface area is 122 Å². The van der Waals surface area contributed by atoms with Crippen molar-refractivity contribution in [2.75, 3.05) is 25.0 Å². The molecule has 0 fully saturated rings. The third-order valence-corrected chi connectivity index (χ3v) is 4.37. The molecule has 1 aromatic rings. The summed E-state index contributed by atoms with van der Waals surface area (Å²) in [5.74, 6) is 0.941. The van der Waals surface area contributed by atoms with Crippen LogP contribution >= 0.6 is 0 Å². The first-order valence-electron chi connectivity index (χ1n) is 7.68. The number of carbonyl (C=O) groups excluding carboxylic acids is 1. The molecular weight excluding hydrogens is 248 g/mol. The number of fused-ring (bicyclic) bond motifs is 1.